The average Bonchev–Trinajstić information content (AvgIpc) is 3.20. The van der Waals surface area contributed by atoms with Crippen molar-refractivity contribution in [1.82, 2.24) is 0 Å². The molecule has 0 spiro atoms. The first-order valence-corrected chi connectivity index (χ1v) is 18.5. The lowest BCUT2D eigenvalue weighted by Crippen LogP contribution is -2.13. The first kappa shape index (κ1) is 35.0. The highest BCUT2D eigenvalue weighted by Gasteiger charge is 2.18. The fourth-order valence-electron chi connectivity index (χ4n) is 7.02. The lowest BCUT2D eigenvalue weighted by molar-refractivity contribution is 1.10. The Morgan fingerprint density at radius 1 is 0.340 bits per heavy atom. The average molecular weight is 687 g/mol. The molecule has 0 atom stereocenters. The molecule has 7 rings (SSSR count). The van der Waals surface area contributed by atoms with Crippen LogP contribution in [0.3, 0.4) is 0 Å². The van der Waals surface area contributed by atoms with E-state index in [4.69, 9.17) is 0 Å². The van der Waals surface area contributed by atoms with Crippen LogP contribution in [-0.4, -0.2) is 0 Å². The van der Waals surface area contributed by atoms with Crippen molar-refractivity contribution in [2.75, 3.05) is 9.80 Å². The Labute approximate surface area is 315 Å². The molecule has 0 aliphatic rings. The van der Waals surface area contributed by atoms with Gasteiger partial charge in [-0.25, -0.2) is 0 Å². The number of anilines is 6. The van der Waals surface area contributed by atoms with Gasteiger partial charge in [0, 0.05) is 22.7 Å². The van der Waals surface area contributed by atoms with Crippen molar-refractivity contribution >= 4 is 58.4 Å². The van der Waals surface area contributed by atoms with Gasteiger partial charge in [-0.2, -0.15) is 0 Å². The summed E-state index contributed by atoms with van der Waals surface area (Å²) in [5.41, 5.74) is 16.9. The summed E-state index contributed by atoms with van der Waals surface area (Å²) in [6.07, 6.45) is 9.71. The Balaban J connectivity index is 1.04. The highest BCUT2D eigenvalue weighted by Crippen LogP contribution is 2.40. The van der Waals surface area contributed by atoms with E-state index >= 15 is 0 Å². The van der Waals surface area contributed by atoms with E-state index < -0.39 is 0 Å². The molecular formula is C51H46N2. The zero-order valence-corrected chi connectivity index (χ0v) is 31.1. The van der Waals surface area contributed by atoms with E-state index in [0.717, 1.165) is 40.3 Å². The molecule has 2 nitrogen and oxygen atoms in total. The van der Waals surface area contributed by atoms with E-state index in [2.05, 4.69) is 232 Å². The van der Waals surface area contributed by atoms with Crippen LogP contribution in [0.1, 0.15) is 51.4 Å². The summed E-state index contributed by atoms with van der Waals surface area (Å²) in [6.45, 7) is 8.80. The van der Waals surface area contributed by atoms with Gasteiger partial charge >= 0.3 is 0 Å². The van der Waals surface area contributed by atoms with Crippen molar-refractivity contribution < 1.29 is 0 Å². The van der Waals surface area contributed by atoms with Gasteiger partial charge in [0.2, 0.25) is 0 Å². The summed E-state index contributed by atoms with van der Waals surface area (Å²) in [5, 5.41) is 0. The largest absolute Gasteiger partial charge is 0.310 e. The van der Waals surface area contributed by atoms with Gasteiger partial charge in [0.15, 0.2) is 0 Å². The maximum absolute atomic E-state index is 2.38. The Hall–Kier alpha value is -6.38. The Morgan fingerprint density at radius 3 is 1.06 bits per heavy atom. The third-order valence-corrected chi connectivity index (χ3v) is 9.79. The number of hydrogen-bond donors (Lipinski definition) is 0. The molecule has 0 fully saturated rings. The van der Waals surface area contributed by atoms with Crippen LogP contribution in [0.5, 0.6) is 0 Å². The van der Waals surface area contributed by atoms with Crippen LogP contribution in [-0.2, 0) is 6.42 Å². The van der Waals surface area contributed by atoms with E-state index in [1.54, 1.807) is 0 Å². The van der Waals surface area contributed by atoms with Crippen LogP contribution in [0.2, 0.25) is 0 Å². The lowest BCUT2D eigenvalue weighted by atomic mass is 10.0. The molecule has 0 unspecified atom stereocenters. The highest BCUT2D eigenvalue weighted by atomic mass is 15.2. The third kappa shape index (κ3) is 8.08. The molecule has 0 heterocycles. The van der Waals surface area contributed by atoms with Crippen molar-refractivity contribution in [3.63, 3.8) is 0 Å². The Bertz CT molecular complexity index is 2300. The smallest absolute Gasteiger partial charge is 0.0522 e. The van der Waals surface area contributed by atoms with Gasteiger partial charge in [0.05, 0.1) is 11.4 Å². The van der Waals surface area contributed by atoms with Crippen LogP contribution < -0.4 is 9.80 Å². The van der Waals surface area contributed by atoms with Gasteiger partial charge < -0.3 is 9.80 Å². The zero-order valence-electron chi connectivity index (χ0n) is 31.1. The molecule has 2 heteroatoms. The molecule has 0 aliphatic carbocycles. The summed E-state index contributed by atoms with van der Waals surface area (Å²) in [4.78, 5) is 4.74. The first-order valence-electron chi connectivity index (χ1n) is 18.5. The van der Waals surface area contributed by atoms with Gasteiger partial charge in [-0.05, 0) is 120 Å². The van der Waals surface area contributed by atoms with Crippen LogP contribution in [0.25, 0.3) is 24.3 Å². The van der Waals surface area contributed by atoms with E-state index in [9.17, 15) is 0 Å². The van der Waals surface area contributed by atoms with Gasteiger partial charge in [0.1, 0.15) is 0 Å². The summed E-state index contributed by atoms with van der Waals surface area (Å²) in [7, 11) is 0. The molecular weight excluding hydrogens is 641 g/mol. The fraction of sp³-hybridized carbons (Fsp3) is 0.0980. The highest BCUT2D eigenvalue weighted by molar-refractivity contribution is 5.83. The second-order valence-corrected chi connectivity index (χ2v) is 13.5. The van der Waals surface area contributed by atoms with Crippen molar-refractivity contribution in [3.8, 4) is 0 Å². The summed E-state index contributed by atoms with van der Waals surface area (Å²) in [6, 6.07) is 60.7. The van der Waals surface area contributed by atoms with Crippen molar-refractivity contribution in [3.05, 3.63) is 214 Å². The third-order valence-electron chi connectivity index (χ3n) is 9.79. The number of rotatable bonds is 11. The van der Waals surface area contributed by atoms with E-state index in [-0.39, 0.29) is 0 Å². The standard InChI is InChI=1S/C51H46N2/c1-5-45-17-13-16-40(4)51(45)53(47-20-10-7-11-21-47)49-36-32-44(33-37-49)29-27-42-24-22-41(23-25-42)26-28-43-30-34-48(35-31-43)52(46-18-8-6-9-19-46)50-38(2)14-12-15-39(50)3/h6-37H,5H2,1-4H3/b28-26+,29-27+. The molecule has 53 heavy (non-hydrogen) atoms. The SMILES string of the molecule is CCc1cccc(C)c1N(c1ccccc1)c1ccc(/C=C/c2ccc(/C=C/c3ccc(N(c4ccccc4)c4c(C)cccc4C)cc3)cc2)cc1. The maximum atomic E-state index is 2.38. The summed E-state index contributed by atoms with van der Waals surface area (Å²) < 4.78 is 0. The van der Waals surface area contributed by atoms with Crippen LogP contribution in [0.4, 0.5) is 34.1 Å². The minimum Gasteiger partial charge on any atom is -0.310 e. The summed E-state index contributed by atoms with van der Waals surface area (Å²) >= 11 is 0. The normalized spacial score (nSPS) is 11.3. The molecule has 260 valence electrons. The zero-order chi connectivity index (χ0) is 36.6. The molecule has 0 aliphatic heterocycles. The van der Waals surface area contributed by atoms with Crippen LogP contribution in [0.15, 0.2) is 170 Å². The molecule has 0 amide bonds. The number of aryl methyl sites for hydroxylation is 4. The van der Waals surface area contributed by atoms with Gasteiger partial charge in [-0.1, -0.05) is 153 Å². The first-order chi connectivity index (χ1) is 26.0. The number of nitrogens with zero attached hydrogens (tertiary/aromatic N) is 2. The van der Waals surface area contributed by atoms with Crippen molar-refractivity contribution in [1.29, 1.82) is 0 Å². The molecule has 0 radical (unpaired) electrons. The van der Waals surface area contributed by atoms with Gasteiger partial charge in [-0.3, -0.25) is 0 Å². The van der Waals surface area contributed by atoms with Gasteiger partial charge in [-0.15, -0.1) is 0 Å². The fourth-order valence-corrected chi connectivity index (χ4v) is 7.02. The second-order valence-electron chi connectivity index (χ2n) is 13.5. The molecule has 0 N–H and O–H groups in total. The Kier molecular flexibility index (Phi) is 10.8. The molecule has 7 aromatic rings. The molecule has 0 aromatic heterocycles. The topological polar surface area (TPSA) is 6.48 Å². The van der Waals surface area contributed by atoms with Crippen molar-refractivity contribution in [2.45, 2.75) is 34.1 Å². The Morgan fingerprint density at radius 2 is 0.660 bits per heavy atom. The van der Waals surface area contributed by atoms with E-state index in [1.165, 1.54) is 44.8 Å². The lowest BCUT2D eigenvalue weighted by Gasteiger charge is -2.29. The molecule has 0 bridgehead atoms. The monoisotopic (exact) mass is 686 g/mol. The second kappa shape index (κ2) is 16.3. The number of para-hydroxylation sites is 4. The molecule has 0 saturated heterocycles. The maximum Gasteiger partial charge on any atom is 0.0522 e. The molecule has 0 saturated carbocycles. The van der Waals surface area contributed by atoms with Gasteiger partial charge in [0.25, 0.3) is 0 Å². The molecule has 7 aromatic carbocycles. The van der Waals surface area contributed by atoms with E-state index in [1.807, 2.05) is 0 Å². The minimum atomic E-state index is 0.978. The van der Waals surface area contributed by atoms with Crippen LogP contribution in [0, 0.1) is 20.8 Å². The van der Waals surface area contributed by atoms with Crippen LogP contribution >= 0.6 is 0 Å². The summed E-state index contributed by atoms with van der Waals surface area (Å²) in [5.74, 6) is 0. The predicted octanol–water partition coefficient (Wildman–Crippen LogP) is 14.5. The quantitative estimate of drug-likeness (QED) is 0.125. The predicted molar refractivity (Wildman–Crippen MR) is 230 cm³/mol. The number of hydrogen-bond acceptors (Lipinski definition) is 2. The van der Waals surface area contributed by atoms with E-state index in [0.29, 0.717) is 0 Å². The van der Waals surface area contributed by atoms with Crippen molar-refractivity contribution in [2.24, 2.45) is 0 Å². The number of benzene rings is 7. The minimum absolute atomic E-state index is 0.978.